The minimum Gasteiger partial charge on any atom is -0.465 e. The second kappa shape index (κ2) is 21.3. The van der Waals surface area contributed by atoms with Gasteiger partial charge >= 0.3 is 17.9 Å². The first-order valence-corrected chi connectivity index (χ1v) is 22.0. The van der Waals surface area contributed by atoms with Gasteiger partial charge in [0, 0.05) is 47.3 Å². The van der Waals surface area contributed by atoms with Gasteiger partial charge in [0.1, 0.15) is 29.6 Å². The summed E-state index contributed by atoms with van der Waals surface area (Å²) in [5.41, 5.74) is -0.782. The summed E-state index contributed by atoms with van der Waals surface area (Å²) in [5.74, 6) is 2.35. The first-order chi connectivity index (χ1) is 25.8. The molecule has 0 amide bonds. The number of Topliss-reactive ketones (excluding diaryl/α,β-unsaturated/α-hetero) is 3. The average Bonchev–Trinajstić information content (AvgIpc) is 3.66. The van der Waals surface area contributed by atoms with Gasteiger partial charge in [-0.15, -0.1) is 0 Å². The molecule has 4 aliphatic heterocycles. The van der Waals surface area contributed by atoms with Gasteiger partial charge in [-0.25, -0.2) is 0 Å². The molecule has 9 nitrogen and oxygen atoms in total. The smallest absolute Gasteiger partial charge is 0.309 e. The van der Waals surface area contributed by atoms with Crippen LogP contribution in [0.15, 0.2) is 0 Å². The van der Waals surface area contributed by atoms with Gasteiger partial charge in [-0.05, 0) is 82.5 Å². The van der Waals surface area contributed by atoms with Gasteiger partial charge in [0.25, 0.3) is 0 Å². The number of rotatable bonds is 12. The van der Waals surface area contributed by atoms with Crippen molar-refractivity contribution in [3.63, 3.8) is 0 Å². The van der Waals surface area contributed by atoms with Crippen LogP contribution in [-0.4, -0.2) is 54.1 Å². The topological polar surface area (TPSA) is 130 Å². The molecular formula is C46H78O9. The molecule has 55 heavy (non-hydrogen) atoms. The molecule has 3 saturated carbocycles. The Labute approximate surface area is 333 Å². The molecule has 7 aliphatic rings. The molecule has 0 aromatic carbocycles. The van der Waals surface area contributed by atoms with Crippen LogP contribution < -0.4 is 0 Å². The van der Waals surface area contributed by atoms with E-state index in [1.807, 2.05) is 83.1 Å². The molecule has 9 unspecified atom stereocenters. The molecule has 9 heteroatoms. The van der Waals surface area contributed by atoms with Crippen molar-refractivity contribution < 1.29 is 43.0 Å². The molecule has 4 saturated heterocycles. The minimum absolute atomic E-state index is 0.00639. The number of hydrogen-bond donors (Lipinski definition) is 0. The molecule has 316 valence electrons. The second-order valence-corrected chi connectivity index (χ2v) is 18.4. The summed E-state index contributed by atoms with van der Waals surface area (Å²) in [7, 11) is 0. The first kappa shape index (κ1) is 48.6. The zero-order valence-corrected chi connectivity index (χ0v) is 37.0. The molecule has 0 N–H and O–H groups in total. The van der Waals surface area contributed by atoms with E-state index in [4.69, 9.17) is 14.2 Å². The number of hydrogen-bond acceptors (Lipinski definition) is 9. The lowest BCUT2D eigenvalue weighted by Crippen LogP contribution is -2.41. The summed E-state index contributed by atoms with van der Waals surface area (Å²) < 4.78 is 15.9. The number of ether oxygens (including phenoxy) is 3. The number of esters is 3. The Morgan fingerprint density at radius 2 is 1.07 bits per heavy atom. The lowest BCUT2D eigenvalue weighted by atomic mass is 9.61. The quantitative estimate of drug-likeness (QED) is 0.140. The van der Waals surface area contributed by atoms with Gasteiger partial charge in [-0.2, -0.15) is 0 Å². The van der Waals surface area contributed by atoms with Crippen LogP contribution in [0.3, 0.4) is 0 Å². The van der Waals surface area contributed by atoms with Crippen molar-refractivity contribution in [3.8, 4) is 0 Å². The fourth-order valence-corrected chi connectivity index (χ4v) is 8.55. The van der Waals surface area contributed by atoms with E-state index in [1.54, 1.807) is 0 Å². The van der Waals surface area contributed by atoms with E-state index < -0.39 is 0 Å². The maximum atomic E-state index is 12.5. The SMILES string of the molecule is CC.CC.CCC(C)(C)C(=O)CC1C2CC3CC(C2)C(=O)OC1C3.CCC(C)(C)C(=O)CC1CCC2CC1OC2=O.CCC(C)(C)C(=O)CC1CCOC1=O. The molecule has 3 aliphatic carbocycles. The Kier molecular flexibility index (Phi) is 18.8. The highest BCUT2D eigenvalue weighted by atomic mass is 16.6. The Morgan fingerprint density at radius 1 is 0.564 bits per heavy atom. The second-order valence-electron chi connectivity index (χ2n) is 18.4. The molecule has 0 aromatic heterocycles. The van der Waals surface area contributed by atoms with Crippen molar-refractivity contribution >= 4 is 35.3 Å². The Balaban J connectivity index is 0.000000277. The van der Waals surface area contributed by atoms with E-state index in [-0.39, 0.29) is 81.7 Å². The molecule has 6 bridgehead atoms. The zero-order chi connectivity index (χ0) is 41.9. The van der Waals surface area contributed by atoms with Crippen LogP contribution in [-0.2, 0) is 43.0 Å². The Hall–Kier alpha value is -2.58. The predicted octanol–water partition coefficient (Wildman–Crippen LogP) is 10.1. The maximum absolute atomic E-state index is 12.5. The van der Waals surface area contributed by atoms with Crippen LogP contribution in [0.1, 0.15) is 180 Å². The van der Waals surface area contributed by atoms with Crippen LogP contribution in [0.5, 0.6) is 0 Å². The molecule has 0 radical (unpaired) electrons. The van der Waals surface area contributed by atoms with E-state index in [1.165, 1.54) is 6.42 Å². The minimum atomic E-state index is -0.303. The van der Waals surface area contributed by atoms with Crippen molar-refractivity contribution in [2.75, 3.05) is 6.61 Å². The van der Waals surface area contributed by atoms with Gasteiger partial charge in [0.2, 0.25) is 0 Å². The van der Waals surface area contributed by atoms with E-state index in [0.29, 0.717) is 55.7 Å². The maximum Gasteiger partial charge on any atom is 0.309 e. The molecule has 0 spiro atoms. The molecule has 7 rings (SSSR count). The summed E-state index contributed by atoms with van der Waals surface area (Å²) in [6.07, 6.45) is 11.7. The fourth-order valence-electron chi connectivity index (χ4n) is 8.55. The number of fused-ring (bicyclic) bond motifs is 3. The third-order valence-corrected chi connectivity index (χ3v) is 13.9. The highest BCUT2D eigenvalue weighted by Crippen LogP contribution is 2.51. The van der Waals surface area contributed by atoms with Gasteiger partial charge < -0.3 is 14.2 Å². The van der Waals surface area contributed by atoms with Crippen LogP contribution in [0.4, 0.5) is 0 Å². The highest BCUT2D eigenvalue weighted by molar-refractivity contribution is 5.88. The summed E-state index contributed by atoms with van der Waals surface area (Å²) in [5, 5.41) is 0. The van der Waals surface area contributed by atoms with E-state index >= 15 is 0 Å². The van der Waals surface area contributed by atoms with Crippen LogP contribution >= 0.6 is 0 Å². The van der Waals surface area contributed by atoms with Gasteiger partial charge in [0.15, 0.2) is 0 Å². The molecule has 0 aromatic rings. The first-order valence-electron chi connectivity index (χ1n) is 22.0. The van der Waals surface area contributed by atoms with E-state index in [9.17, 15) is 28.8 Å². The van der Waals surface area contributed by atoms with Crippen LogP contribution in [0, 0.1) is 57.7 Å². The lowest BCUT2D eigenvalue weighted by molar-refractivity contribution is -0.154. The number of ketones is 3. The number of carbonyl (C=O) groups excluding carboxylic acids is 6. The zero-order valence-electron chi connectivity index (χ0n) is 37.0. The third kappa shape index (κ3) is 12.7. The van der Waals surface area contributed by atoms with Crippen molar-refractivity contribution in [3.05, 3.63) is 0 Å². The molecule has 9 atom stereocenters. The Bertz CT molecular complexity index is 1310. The van der Waals surface area contributed by atoms with Gasteiger partial charge in [0.05, 0.1) is 24.4 Å². The van der Waals surface area contributed by atoms with Crippen LogP contribution in [0.2, 0.25) is 0 Å². The van der Waals surface area contributed by atoms with Crippen molar-refractivity contribution in [2.24, 2.45) is 57.7 Å². The van der Waals surface area contributed by atoms with Crippen molar-refractivity contribution in [2.45, 2.75) is 192 Å². The average molecular weight is 775 g/mol. The molecule has 7 fully saturated rings. The van der Waals surface area contributed by atoms with E-state index in [0.717, 1.165) is 57.8 Å². The fraction of sp³-hybridized carbons (Fsp3) is 0.870. The molecular weight excluding hydrogens is 696 g/mol. The highest BCUT2D eigenvalue weighted by Gasteiger charge is 2.51. The number of carbonyl (C=O) groups is 6. The van der Waals surface area contributed by atoms with Crippen molar-refractivity contribution in [1.82, 2.24) is 0 Å². The lowest BCUT2D eigenvalue weighted by Gasteiger charge is -2.42. The summed E-state index contributed by atoms with van der Waals surface area (Å²) >= 11 is 0. The normalized spacial score (nSPS) is 30.3. The Morgan fingerprint density at radius 3 is 1.60 bits per heavy atom. The van der Waals surface area contributed by atoms with Gasteiger partial charge in [-0.1, -0.05) is 90.0 Å². The predicted molar refractivity (Wildman–Crippen MR) is 216 cm³/mol. The third-order valence-electron chi connectivity index (χ3n) is 13.9. The largest absolute Gasteiger partial charge is 0.465 e. The van der Waals surface area contributed by atoms with E-state index in [2.05, 4.69) is 6.92 Å². The number of cyclic esters (lactones) is 1. The van der Waals surface area contributed by atoms with Crippen molar-refractivity contribution in [1.29, 1.82) is 0 Å². The van der Waals surface area contributed by atoms with Gasteiger partial charge in [-0.3, -0.25) is 28.8 Å². The summed E-state index contributed by atoms with van der Waals surface area (Å²) in [6, 6.07) is 0. The monoisotopic (exact) mass is 775 g/mol. The summed E-state index contributed by atoms with van der Waals surface area (Å²) in [6.45, 7) is 26.5. The standard InChI is InChI=1S/C17H26O3.C14H22O3.C11H18O3.2C2H6/c1-4-17(2,3)15(18)9-13-11-5-10-6-12(8-11)16(19)20-14(13)7-10;1-4-14(2,3)12(15)8-9-5-6-10-7-11(9)17-13(10)16;1-4-11(2,3)9(12)7-8-5-6-14-10(8)13;2*1-2/h10-14H,4-9H2,1-3H3;9-11H,4-8H2,1-3H3;8H,4-7H2,1-3H3;2*1-2H3. The summed E-state index contributed by atoms with van der Waals surface area (Å²) in [4.78, 5) is 71.1. The van der Waals surface area contributed by atoms with Crippen LogP contribution in [0.25, 0.3) is 0 Å². The molecule has 4 heterocycles.